The van der Waals surface area contributed by atoms with Crippen LogP contribution in [-0.4, -0.2) is 44.0 Å². The summed E-state index contributed by atoms with van der Waals surface area (Å²) in [6.07, 6.45) is 4.43. The number of nitrogen functional groups attached to an aromatic ring is 1. The molecule has 0 unspecified atom stereocenters. The number of Topliss-reactive ketones (excluding diaryl/α,β-unsaturated/α-hetero) is 1. The summed E-state index contributed by atoms with van der Waals surface area (Å²) in [7, 11) is 1.61. The number of para-hydroxylation sites is 1. The molecule has 0 aliphatic carbocycles. The van der Waals surface area contributed by atoms with Crippen LogP contribution in [0.2, 0.25) is 0 Å². The zero-order valence-electron chi connectivity index (χ0n) is 16.7. The fourth-order valence-electron chi connectivity index (χ4n) is 3.82. The molecule has 1 aliphatic rings. The minimum Gasteiger partial charge on any atom is -0.383 e. The van der Waals surface area contributed by atoms with Gasteiger partial charge in [0, 0.05) is 38.3 Å². The number of nitrogens with zero attached hydrogens (tertiary/aromatic N) is 4. The summed E-state index contributed by atoms with van der Waals surface area (Å²) in [5.41, 5.74) is 7.64. The van der Waals surface area contributed by atoms with E-state index in [4.69, 9.17) is 5.73 Å². The molecule has 1 aromatic carbocycles. The number of nitrogens with two attached hydrogens (primary N) is 1. The Balaban J connectivity index is 1.53. The van der Waals surface area contributed by atoms with Crippen molar-refractivity contribution in [3.63, 3.8) is 0 Å². The van der Waals surface area contributed by atoms with E-state index in [0.29, 0.717) is 36.5 Å². The first-order chi connectivity index (χ1) is 14.5. The lowest BCUT2D eigenvalue weighted by atomic mass is 9.90. The first-order valence-electron chi connectivity index (χ1n) is 9.85. The van der Waals surface area contributed by atoms with Crippen molar-refractivity contribution in [2.75, 3.05) is 18.8 Å². The van der Waals surface area contributed by atoms with Crippen LogP contribution in [-0.2, 0) is 7.05 Å². The number of piperidine rings is 1. The van der Waals surface area contributed by atoms with Crippen LogP contribution in [0.5, 0.6) is 0 Å². The van der Waals surface area contributed by atoms with Gasteiger partial charge < -0.3 is 15.2 Å². The molecule has 3 heterocycles. The zero-order valence-corrected chi connectivity index (χ0v) is 16.7. The smallest absolute Gasteiger partial charge is 0.255 e. The van der Waals surface area contributed by atoms with Crippen molar-refractivity contribution in [1.82, 2.24) is 19.2 Å². The molecule has 1 aliphatic heterocycles. The quantitative estimate of drug-likeness (QED) is 0.668. The van der Waals surface area contributed by atoms with Crippen molar-refractivity contribution in [2.24, 2.45) is 13.0 Å². The van der Waals surface area contributed by atoms with Gasteiger partial charge in [0.05, 0.1) is 23.0 Å². The summed E-state index contributed by atoms with van der Waals surface area (Å²) >= 11 is 0. The summed E-state index contributed by atoms with van der Waals surface area (Å²) in [5, 5.41) is 4.28. The van der Waals surface area contributed by atoms with Crippen molar-refractivity contribution in [3.8, 4) is 5.69 Å². The van der Waals surface area contributed by atoms with Crippen LogP contribution in [0.4, 0.5) is 5.82 Å². The van der Waals surface area contributed by atoms with Crippen LogP contribution in [0.3, 0.4) is 0 Å². The molecule has 1 fully saturated rings. The highest BCUT2D eigenvalue weighted by molar-refractivity contribution is 6.02. The van der Waals surface area contributed by atoms with Gasteiger partial charge in [0.25, 0.3) is 5.91 Å². The number of aryl methyl sites for hydroxylation is 1. The van der Waals surface area contributed by atoms with Crippen LogP contribution in [0.15, 0.2) is 59.7 Å². The molecule has 0 radical (unpaired) electrons. The summed E-state index contributed by atoms with van der Waals surface area (Å²) in [6.45, 7) is 0.890. The second-order valence-corrected chi connectivity index (χ2v) is 7.51. The molecule has 2 N–H and O–H groups in total. The fraction of sp³-hybridized carbons (Fsp3) is 0.273. The highest BCUT2D eigenvalue weighted by Gasteiger charge is 2.31. The number of hydrogen-bond acceptors (Lipinski definition) is 5. The van der Waals surface area contributed by atoms with Gasteiger partial charge in [-0.05, 0) is 31.0 Å². The van der Waals surface area contributed by atoms with E-state index in [1.54, 1.807) is 16.6 Å². The Labute approximate surface area is 173 Å². The number of amides is 1. The monoisotopic (exact) mass is 405 g/mol. The third-order valence-corrected chi connectivity index (χ3v) is 5.48. The van der Waals surface area contributed by atoms with Gasteiger partial charge in [-0.15, -0.1) is 0 Å². The number of aromatic nitrogens is 3. The third kappa shape index (κ3) is 3.63. The van der Waals surface area contributed by atoms with Crippen LogP contribution in [0, 0.1) is 5.92 Å². The number of likely N-dealkylation sites (tertiary alicyclic amines) is 1. The largest absolute Gasteiger partial charge is 0.383 e. The second kappa shape index (κ2) is 7.98. The molecule has 8 heteroatoms. The highest BCUT2D eigenvalue weighted by atomic mass is 16.2. The van der Waals surface area contributed by atoms with Crippen molar-refractivity contribution < 1.29 is 9.59 Å². The molecular weight excluding hydrogens is 382 g/mol. The molecule has 1 atom stereocenters. The maximum Gasteiger partial charge on any atom is 0.255 e. The molecule has 0 spiro atoms. The SMILES string of the molecule is Cn1cc(C(=O)N2CCC[C@@H](C(=O)c3cnn(-c4ccccc4)c3N)C2)ccc1=O. The van der Waals surface area contributed by atoms with E-state index < -0.39 is 0 Å². The lowest BCUT2D eigenvalue weighted by Gasteiger charge is -2.32. The average Bonchev–Trinajstić information content (AvgIpc) is 3.16. The van der Waals surface area contributed by atoms with Gasteiger partial charge in [-0.1, -0.05) is 18.2 Å². The van der Waals surface area contributed by atoms with Crippen molar-refractivity contribution >= 4 is 17.5 Å². The Morgan fingerprint density at radius 2 is 1.90 bits per heavy atom. The van der Waals surface area contributed by atoms with Crippen LogP contribution < -0.4 is 11.3 Å². The van der Waals surface area contributed by atoms with Gasteiger partial charge in [-0.25, -0.2) is 4.68 Å². The Kier molecular flexibility index (Phi) is 5.22. The molecular formula is C22H23N5O3. The van der Waals surface area contributed by atoms with Crippen LogP contribution >= 0.6 is 0 Å². The summed E-state index contributed by atoms with van der Waals surface area (Å²) < 4.78 is 2.92. The molecule has 1 amide bonds. The molecule has 2 aromatic heterocycles. The molecule has 0 saturated carbocycles. The minimum atomic E-state index is -0.342. The lowest BCUT2D eigenvalue weighted by Crippen LogP contribution is -2.42. The lowest BCUT2D eigenvalue weighted by molar-refractivity contribution is 0.0636. The van der Waals surface area contributed by atoms with Gasteiger partial charge in [0.1, 0.15) is 5.82 Å². The van der Waals surface area contributed by atoms with Crippen molar-refractivity contribution in [1.29, 1.82) is 0 Å². The number of carbonyl (C=O) groups is 2. The summed E-state index contributed by atoms with van der Waals surface area (Å²) in [6, 6.07) is 12.3. The number of hydrogen-bond donors (Lipinski definition) is 1. The molecule has 1 saturated heterocycles. The van der Waals surface area contributed by atoms with E-state index in [-0.39, 0.29) is 23.2 Å². The first kappa shape index (κ1) is 19.6. The first-order valence-corrected chi connectivity index (χ1v) is 9.85. The third-order valence-electron chi connectivity index (χ3n) is 5.48. The van der Waals surface area contributed by atoms with Gasteiger partial charge in [-0.2, -0.15) is 5.10 Å². The molecule has 0 bridgehead atoms. The van der Waals surface area contributed by atoms with Crippen LogP contribution in [0.1, 0.15) is 33.6 Å². The van der Waals surface area contributed by atoms with E-state index >= 15 is 0 Å². The maximum atomic E-state index is 13.2. The van der Waals surface area contributed by atoms with Gasteiger partial charge >= 0.3 is 0 Å². The van der Waals surface area contributed by atoms with E-state index in [9.17, 15) is 14.4 Å². The molecule has 4 rings (SSSR count). The highest BCUT2D eigenvalue weighted by Crippen LogP contribution is 2.26. The van der Waals surface area contributed by atoms with Gasteiger partial charge in [0.2, 0.25) is 5.56 Å². The van der Waals surface area contributed by atoms with Gasteiger partial charge in [0.15, 0.2) is 5.78 Å². The Hall–Kier alpha value is -3.68. The van der Waals surface area contributed by atoms with E-state index in [0.717, 1.165) is 12.1 Å². The molecule has 3 aromatic rings. The number of pyridine rings is 1. The predicted octanol–water partition coefficient (Wildman–Crippen LogP) is 1.89. The summed E-state index contributed by atoms with van der Waals surface area (Å²) in [4.78, 5) is 39.3. The molecule has 8 nitrogen and oxygen atoms in total. The van der Waals surface area contributed by atoms with Crippen LogP contribution in [0.25, 0.3) is 5.69 Å². The predicted molar refractivity (Wildman–Crippen MR) is 113 cm³/mol. The number of ketones is 1. The second-order valence-electron chi connectivity index (χ2n) is 7.51. The molecule has 30 heavy (non-hydrogen) atoms. The van der Waals surface area contributed by atoms with E-state index in [1.165, 1.54) is 29.1 Å². The van der Waals surface area contributed by atoms with Gasteiger partial charge in [-0.3, -0.25) is 14.4 Å². The topological polar surface area (TPSA) is 103 Å². The van der Waals surface area contributed by atoms with E-state index in [2.05, 4.69) is 5.10 Å². The van der Waals surface area contributed by atoms with Crippen molar-refractivity contribution in [3.05, 3.63) is 76.3 Å². The Morgan fingerprint density at radius 3 is 2.63 bits per heavy atom. The number of benzene rings is 1. The minimum absolute atomic E-state index is 0.104. The maximum absolute atomic E-state index is 13.2. The molecule has 154 valence electrons. The standard InChI is InChI=1S/C22H23N5O3/c1-25-13-16(9-10-19(25)28)22(30)26-11-5-6-15(14-26)20(29)18-12-24-27(21(18)23)17-7-3-2-4-8-17/h2-4,7-10,12-13,15H,5-6,11,14,23H2,1H3/t15-/m1/s1. The number of anilines is 1. The summed E-state index contributed by atoms with van der Waals surface area (Å²) in [5.74, 6) is -0.331. The number of carbonyl (C=O) groups excluding carboxylic acids is 2. The average molecular weight is 405 g/mol. The Morgan fingerprint density at radius 1 is 1.13 bits per heavy atom. The van der Waals surface area contributed by atoms with Crippen molar-refractivity contribution in [2.45, 2.75) is 12.8 Å². The fourth-order valence-corrected chi connectivity index (χ4v) is 3.82. The zero-order chi connectivity index (χ0) is 21.3. The number of rotatable bonds is 4. The normalized spacial score (nSPS) is 16.4. The Bertz CT molecular complexity index is 1150. The van der Waals surface area contributed by atoms with E-state index in [1.807, 2.05) is 30.3 Å².